The van der Waals surface area contributed by atoms with Crippen LogP contribution in [0.3, 0.4) is 0 Å². The van der Waals surface area contributed by atoms with Crippen molar-refractivity contribution < 1.29 is 14.6 Å². The second-order valence-corrected chi connectivity index (χ2v) is 8.91. The van der Waals surface area contributed by atoms with Crippen LogP contribution in [0.2, 0.25) is 0 Å². The molecule has 0 aliphatic carbocycles. The van der Waals surface area contributed by atoms with Crippen LogP contribution in [0.5, 0.6) is 5.75 Å². The van der Waals surface area contributed by atoms with Gasteiger partial charge in [0.05, 0.1) is 12.2 Å². The fourth-order valence-corrected chi connectivity index (χ4v) is 4.94. The largest absolute Gasteiger partial charge is 0.493 e. The normalized spacial score (nSPS) is 16.7. The van der Waals surface area contributed by atoms with Crippen molar-refractivity contribution in [3.63, 3.8) is 0 Å². The number of aromatic nitrogens is 1. The maximum Gasteiger partial charge on any atom is 0.335 e. The number of carboxylic acids is 1. The van der Waals surface area contributed by atoms with Gasteiger partial charge >= 0.3 is 5.97 Å². The highest BCUT2D eigenvalue weighted by atomic mass is 16.5. The van der Waals surface area contributed by atoms with Gasteiger partial charge in [0.2, 0.25) is 0 Å². The predicted octanol–water partition coefficient (Wildman–Crippen LogP) is 4.34. The number of hydrogen-bond donors (Lipinski definition) is 2. The molecule has 1 fully saturated rings. The molecule has 1 saturated heterocycles. The Bertz CT molecular complexity index is 1100. The van der Waals surface area contributed by atoms with Crippen molar-refractivity contribution in [1.29, 1.82) is 0 Å². The Balaban J connectivity index is 1.09. The molecule has 0 saturated carbocycles. The second-order valence-electron chi connectivity index (χ2n) is 8.91. The van der Waals surface area contributed by atoms with E-state index in [2.05, 4.69) is 33.0 Å². The van der Waals surface area contributed by atoms with Crippen LogP contribution in [-0.2, 0) is 12.8 Å². The van der Waals surface area contributed by atoms with Crippen LogP contribution < -0.4 is 9.64 Å². The van der Waals surface area contributed by atoms with Crippen LogP contribution in [0.15, 0.2) is 42.6 Å². The quantitative estimate of drug-likeness (QED) is 0.543. The standard InChI is InChI=1S/C26H31N3O3/c30-26(31)20-6-8-24-23(17-20)21(18-27-24)4-1-2-10-28-11-13-29(14-12-28)22-7-9-25-19(16-22)5-3-15-32-25/h6-9,16-18,27H,1-5,10-15H2,(H,30,31). The molecule has 1 aromatic heterocycles. The molecule has 0 radical (unpaired) electrons. The summed E-state index contributed by atoms with van der Waals surface area (Å²) in [5, 5.41) is 10.3. The number of aromatic amines is 1. The number of ether oxygens (including phenoxy) is 1. The summed E-state index contributed by atoms with van der Waals surface area (Å²) in [5.41, 5.74) is 5.25. The number of carbonyl (C=O) groups is 1. The first-order valence-corrected chi connectivity index (χ1v) is 11.7. The number of aromatic carboxylic acids is 1. The molecular formula is C26H31N3O3. The molecule has 3 heterocycles. The Labute approximate surface area is 188 Å². The van der Waals surface area contributed by atoms with Gasteiger partial charge in [-0.15, -0.1) is 0 Å². The van der Waals surface area contributed by atoms with Crippen LogP contribution in [0.25, 0.3) is 10.9 Å². The first kappa shape index (κ1) is 20.9. The summed E-state index contributed by atoms with van der Waals surface area (Å²) in [4.78, 5) is 19.6. The number of benzene rings is 2. The van der Waals surface area contributed by atoms with Gasteiger partial charge in [-0.25, -0.2) is 4.79 Å². The van der Waals surface area contributed by atoms with E-state index in [-0.39, 0.29) is 0 Å². The van der Waals surface area contributed by atoms with Gasteiger partial charge in [-0.2, -0.15) is 0 Å². The zero-order valence-electron chi connectivity index (χ0n) is 18.5. The molecule has 0 unspecified atom stereocenters. The minimum absolute atomic E-state index is 0.350. The lowest BCUT2D eigenvalue weighted by Crippen LogP contribution is -2.46. The molecule has 168 valence electrons. The van der Waals surface area contributed by atoms with Crippen LogP contribution in [0, 0.1) is 0 Å². The minimum Gasteiger partial charge on any atom is -0.493 e. The summed E-state index contributed by atoms with van der Waals surface area (Å²) in [7, 11) is 0. The monoisotopic (exact) mass is 433 g/mol. The number of piperazine rings is 1. The molecule has 0 amide bonds. The maximum atomic E-state index is 11.3. The molecule has 32 heavy (non-hydrogen) atoms. The lowest BCUT2D eigenvalue weighted by Gasteiger charge is -2.36. The van der Waals surface area contributed by atoms with Crippen LogP contribution >= 0.6 is 0 Å². The highest BCUT2D eigenvalue weighted by molar-refractivity contribution is 5.94. The van der Waals surface area contributed by atoms with E-state index < -0.39 is 5.97 Å². The molecule has 2 aliphatic heterocycles. The Morgan fingerprint density at radius 2 is 1.94 bits per heavy atom. The van der Waals surface area contributed by atoms with Crippen molar-refractivity contribution >= 4 is 22.6 Å². The van der Waals surface area contributed by atoms with E-state index in [4.69, 9.17) is 4.74 Å². The topological polar surface area (TPSA) is 68.8 Å². The third kappa shape index (κ3) is 4.46. The Hall–Kier alpha value is -2.99. The van der Waals surface area contributed by atoms with E-state index in [1.165, 1.54) is 16.8 Å². The zero-order chi connectivity index (χ0) is 21.9. The number of anilines is 1. The number of unbranched alkanes of at least 4 members (excludes halogenated alkanes) is 1. The van der Waals surface area contributed by atoms with Crippen molar-refractivity contribution in [3.8, 4) is 5.75 Å². The number of nitrogens with one attached hydrogen (secondary N) is 1. The number of hydrogen-bond acceptors (Lipinski definition) is 4. The molecule has 0 atom stereocenters. The lowest BCUT2D eigenvalue weighted by molar-refractivity contribution is 0.0697. The zero-order valence-corrected chi connectivity index (χ0v) is 18.5. The lowest BCUT2D eigenvalue weighted by atomic mass is 10.0. The molecule has 2 aliphatic rings. The first-order chi connectivity index (χ1) is 15.7. The minimum atomic E-state index is -0.873. The van der Waals surface area contributed by atoms with Crippen molar-refractivity contribution in [2.24, 2.45) is 0 Å². The number of fused-ring (bicyclic) bond motifs is 2. The number of H-pyrrole nitrogens is 1. The summed E-state index contributed by atoms with van der Waals surface area (Å²) in [5.74, 6) is 0.190. The second kappa shape index (κ2) is 9.25. The SMILES string of the molecule is O=C(O)c1ccc2[nH]cc(CCCCN3CCN(c4ccc5c(c4)CCCO5)CC3)c2c1. The van der Waals surface area contributed by atoms with Gasteiger partial charge in [0, 0.05) is 49.0 Å². The molecular weight excluding hydrogens is 402 g/mol. The van der Waals surface area contributed by atoms with Gasteiger partial charge in [-0.05, 0) is 86.2 Å². The Morgan fingerprint density at radius 1 is 1.06 bits per heavy atom. The first-order valence-electron chi connectivity index (χ1n) is 11.7. The molecule has 6 nitrogen and oxygen atoms in total. The molecule has 6 heteroatoms. The van der Waals surface area contributed by atoms with Gasteiger partial charge in [-0.1, -0.05) is 0 Å². The van der Waals surface area contributed by atoms with Gasteiger partial charge in [-0.3, -0.25) is 4.90 Å². The van der Waals surface area contributed by atoms with E-state index >= 15 is 0 Å². The number of nitrogens with zero attached hydrogens (tertiary/aromatic N) is 2. The average molecular weight is 434 g/mol. The smallest absolute Gasteiger partial charge is 0.335 e. The Morgan fingerprint density at radius 3 is 2.78 bits per heavy atom. The van der Waals surface area contributed by atoms with Gasteiger partial charge < -0.3 is 19.7 Å². The van der Waals surface area contributed by atoms with E-state index in [0.29, 0.717) is 5.56 Å². The van der Waals surface area contributed by atoms with Crippen molar-refractivity contribution in [2.75, 3.05) is 44.2 Å². The van der Waals surface area contributed by atoms with Crippen molar-refractivity contribution in [1.82, 2.24) is 9.88 Å². The number of aryl methyl sites for hydroxylation is 2. The fourth-order valence-electron chi connectivity index (χ4n) is 4.94. The molecule has 2 N–H and O–H groups in total. The molecule has 5 rings (SSSR count). The summed E-state index contributed by atoms with van der Waals surface area (Å²) >= 11 is 0. The van der Waals surface area contributed by atoms with Gasteiger partial charge in [0.1, 0.15) is 5.75 Å². The van der Waals surface area contributed by atoms with E-state index in [9.17, 15) is 9.90 Å². The third-order valence-electron chi connectivity index (χ3n) is 6.81. The van der Waals surface area contributed by atoms with Crippen LogP contribution in [0.4, 0.5) is 5.69 Å². The van der Waals surface area contributed by atoms with E-state index in [1.54, 1.807) is 12.1 Å². The third-order valence-corrected chi connectivity index (χ3v) is 6.81. The predicted molar refractivity (Wildman–Crippen MR) is 127 cm³/mol. The molecule has 0 spiro atoms. The van der Waals surface area contributed by atoms with Crippen LogP contribution in [-0.4, -0.2) is 60.3 Å². The fraction of sp³-hybridized carbons (Fsp3) is 0.423. The van der Waals surface area contributed by atoms with Crippen molar-refractivity contribution in [2.45, 2.75) is 32.1 Å². The highest BCUT2D eigenvalue weighted by Gasteiger charge is 2.19. The summed E-state index contributed by atoms with van der Waals surface area (Å²) in [6.07, 6.45) is 7.50. The van der Waals surface area contributed by atoms with E-state index in [1.807, 2.05) is 12.3 Å². The number of carboxylic acid groups (broad SMARTS) is 1. The van der Waals surface area contributed by atoms with Gasteiger partial charge in [0.15, 0.2) is 0 Å². The molecule has 2 aromatic carbocycles. The average Bonchev–Trinajstić information content (AvgIpc) is 3.24. The summed E-state index contributed by atoms with van der Waals surface area (Å²) < 4.78 is 5.75. The Kier molecular flexibility index (Phi) is 6.04. The highest BCUT2D eigenvalue weighted by Crippen LogP contribution is 2.29. The molecule has 3 aromatic rings. The van der Waals surface area contributed by atoms with Crippen molar-refractivity contribution in [3.05, 3.63) is 59.3 Å². The maximum absolute atomic E-state index is 11.3. The number of rotatable bonds is 7. The molecule has 0 bridgehead atoms. The summed E-state index contributed by atoms with van der Waals surface area (Å²) in [6, 6.07) is 12.0. The summed E-state index contributed by atoms with van der Waals surface area (Å²) in [6.45, 7) is 6.30. The van der Waals surface area contributed by atoms with E-state index in [0.717, 1.165) is 88.1 Å². The van der Waals surface area contributed by atoms with Gasteiger partial charge in [0.25, 0.3) is 0 Å². The van der Waals surface area contributed by atoms with Crippen LogP contribution in [0.1, 0.15) is 40.7 Å².